The number of likely N-dealkylation sites (tertiary alicyclic amines) is 1. The van der Waals surface area contributed by atoms with Crippen LogP contribution in [-0.4, -0.2) is 46.4 Å². The SMILES string of the molecule is CCC1CCC(NC(=O)[C@H]2[C@H](c3ccnc(Cl)c3F)[C@]3(C(=O)Nc4cc(Cl)ccc43)C3(CCC(C)(C)CC3)N2C)CC1. The van der Waals surface area contributed by atoms with E-state index in [2.05, 4.69) is 41.3 Å². The molecule has 0 unspecified atom stereocenters. The maximum absolute atomic E-state index is 16.1. The molecule has 3 heterocycles. The van der Waals surface area contributed by atoms with Crippen LogP contribution in [0.1, 0.15) is 95.6 Å². The third-order valence-electron chi connectivity index (χ3n) is 11.3. The van der Waals surface area contributed by atoms with Crippen molar-refractivity contribution >= 4 is 40.7 Å². The normalized spacial score (nSPS) is 31.7. The first kappa shape index (κ1) is 29.8. The molecule has 3 atom stereocenters. The molecule has 6 rings (SSSR count). The van der Waals surface area contributed by atoms with Crippen LogP contribution in [0.3, 0.4) is 0 Å². The second kappa shape index (κ2) is 10.7. The quantitative estimate of drug-likeness (QED) is 0.356. The highest BCUT2D eigenvalue weighted by Crippen LogP contribution is 2.67. The molecule has 226 valence electrons. The molecule has 2 saturated carbocycles. The average molecular weight is 616 g/mol. The first-order chi connectivity index (χ1) is 19.9. The van der Waals surface area contributed by atoms with Gasteiger partial charge < -0.3 is 10.6 Å². The molecule has 2 amide bonds. The van der Waals surface area contributed by atoms with Gasteiger partial charge in [0.1, 0.15) is 5.41 Å². The maximum Gasteiger partial charge on any atom is 0.238 e. The molecular weight excluding hydrogens is 574 g/mol. The minimum absolute atomic E-state index is 0.0570. The molecular formula is C33H41Cl2FN4O2. The predicted octanol–water partition coefficient (Wildman–Crippen LogP) is 7.24. The molecule has 6 nitrogen and oxygen atoms in total. The Bertz CT molecular complexity index is 1400. The van der Waals surface area contributed by atoms with Gasteiger partial charge in [-0.15, -0.1) is 0 Å². The molecule has 2 N–H and O–H groups in total. The van der Waals surface area contributed by atoms with Gasteiger partial charge in [-0.05, 0) is 99.1 Å². The van der Waals surface area contributed by atoms with Crippen molar-refractivity contribution in [1.82, 2.24) is 15.2 Å². The summed E-state index contributed by atoms with van der Waals surface area (Å²) in [6.07, 6.45) is 9.76. The number of anilines is 1. The Morgan fingerprint density at radius 1 is 1.12 bits per heavy atom. The van der Waals surface area contributed by atoms with E-state index in [0.717, 1.165) is 50.5 Å². The summed E-state index contributed by atoms with van der Waals surface area (Å²) in [6, 6.07) is 6.30. The third kappa shape index (κ3) is 4.40. The zero-order chi connectivity index (χ0) is 30.0. The first-order valence-electron chi connectivity index (χ1n) is 15.4. The number of fused-ring (bicyclic) bond motifs is 3. The Kier molecular flexibility index (Phi) is 7.63. The Hall–Kier alpha value is -2.22. The van der Waals surface area contributed by atoms with Gasteiger partial charge in [-0.3, -0.25) is 14.5 Å². The van der Waals surface area contributed by atoms with Crippen LogP contribution in [-0.2, 0) is 15.0 Å². The number of nitrogens with zero attached hydrogens (tertiary/aromatic N) is 2. The van der Waals surface area contributed by atoms with E-state index in [-0.39, 0.29) is 34.0 Å². The summed E-state index contributed by atoms with van der Waals surface area (Å²) in [7, 11) is 1.96. The van der Waals surface area contributed by atoms with E-state index in [1.807, 2.05) is 13.1 Å². The minimum Gasteiger partial charge on any atom is -0.352 e. The van der Waals surface area contributed by atoms with Gasteiger partial charge >= 0.3 is 0 Å². The van der Waals surface area contributed by atoms with Crippen molar-refractivity contribution in [3.63, 3.8) is 0 Å². The summed E-state index contributed by atoms with van der Waals surface area (Å²) in [6.45, 7) is 6.72. The molecule has 0 radical (unpaired) electrons. The molecule has 1 aromatic carbocycles. The molecule has 1 saturated heterocycles. The number of hydrogen-bond acceptors (Lipinski definition) is 4. The molecule has 3 fully saturated rings. The van der Waals surface area contributed by atoms with E-state index < -0.39 is 28.7 Å². The molecule has 4 aliphatic rings. The number of hydrogen-bond donors (Lipinski definition) is 2. The van der Waals surface area contributed by atoms with Gasteiger partial charge in [0.05, 0.1) is 6.04 Å². The number of amides is 2. The van der Waals surface area contributed by atoms with E-state index in [9.17, 15) is 9.59 Å². The number of likely N-dealkylation sites (N-methyl/N-ethyl adjacent to an activating group) is 1. The van der Waals surface area contributed by atoms with E-state index >= 15 is 4.39 Å². The smallest absolute Gasteiger partial charge is 0.238 e. The fraction of sp³-hybridized carbons (Fsp3) is 0.606. The highest BCUT2D eigenvalue weighted by Gasteiger charge is 2.75. The monoisotopic (exact) mass is 614 g/mol. The van der Waals surface area contributed by atoms with Gasteiger partial charge in [0.2, 0.25) is 11.8 Å². The van der Waals surface area contributed by atoms with Crippen molar-refractivity contribution in [2.75, 3.05) is 12.4 Å². The first-order valence-corrected chi connectivity index (χ1v) is 16.2. The highest BCUT2D eigenvalue weighted by molar-refractivity contribution is 6.31. The number of carbonyl (C=O) groups excluding carboxylic acids is 2. The summed E-state index contributed by atoms with van der Waals surface area (Å²) in [5.74, 6) is -1.20. The molecule has 2 aliphatic heterocycles. The summed E-state index contributed by atoms with van der Waals surface area (Å²) in [5.41, 5.74) is -0.263. The van der Waals surface area contributed by atoms with Crippen molar-refractivity contribution in [1.29, 1.82) is 0 Å². The average Bonchev–Trinajstić information content (AvgIpc) is 3.36. The lowest BCUT2D eigenvalue weighted by Crippen LogP contribution is -2.62. The number of pyridine rings is 1. The molecule has 2 aliphatic carbocycles. The van der Waals surface area contributed by atoms with E-state index in [1.165, 1.54) is 6.20 Å². The van der Waals surface area contributed by atoms with Crippen LogP contribution in [0.2, 0.25) is 10.2 Å². The van der Waals surface area contributed by atoms with Gasteiger partial charge in [0, 0.05) is 34.4 Å². The van der Waals surface area contributed by atoms with Gasteiger partial charge in [0.15, 0.2) is 11.0 Å². The highest BCUT2D eigenvalue weighted by atomic mass is 35.5. The number of aromatic nitrogens is 1. The van der Waals surface area contributed by atoms with Crippen molar-refractivity contribution in [2.45, 2.75) is 108 Å². The molecule has 2 spiro atoms. The van der Waals surface area contributed by atoms with Gasteiger partial charge in [0.25, 0.3) is 0 Å². The van der Waals surface area contributed by atoms with Crippen LogP contribution in [0.5, 0.6) is 0 Å². The van der Waals surface area contributed by atoms with Crippen molar-refractivity contribution < 1.29 is 14.0 Å². The lowest BCUT2D eigenvalue weighted by atomic mass is 9.53. The van der Waals surface area contributed by atoms with Crippen LogP contribution in [0.25, 0.3) is 0 Å². The lowest BCUT2D eigenvalue weighted by molar-refractivity contribution is -0.129. The fourth-order valence-electron chi connectivity index (χ4n) is 8.86. The lowest BCUT2D eigenvalue weighted by Gasteiger charge is -2.53. The van der Waals surface area contributed by atoms with E-state index in [4.69, 9.17) is 23.2 Å². The van der Waals surface area contributed by atoms with Crippen LogP contribution in [0.15, 0.2) is 30.5 Å². The van der Waals surface area contributed by atoms with Gasteiger partial charge in [-0.2, -0.15) is 0 Å². The Morgan fingerprint density at radius 2 is 1.81 bits per heavy atom. The fourth-order valence-corrected chi connectivity index (χ4v) is 9.20. The number of rotatable bonds is 4. The van der Waals surface area contributed by atoms with Crippen LogP contribution in [0, 0.1) is 17.2 Å². The van der Waals surface area contributed by atoms with Crippen molar-refractivity contribution in [3.8, 4) is 0 Å². The number of carbonyl (C=O) groups is 2. The Labute approximate surface area is 258 Å². The van der Waals surface area contributed by atoms with Gasteiger partial charge in [-0.25, -0.2) is 9.37 Å². The predicted molar refractivity (Wildman–Crippen MR) is 164 cm³/mol. The summed E-state index contributed by atoms with van der Waals surface area (Å²) in [4.78, 5) is 35.3. The summed E-state index contributed by atoms with van der Waals surface area (Å²) < 4.78 is 16.1. The molecule has 42 heavy (non-hydrogen) atoms. The topological polar surface area (TPSA) is 74.3 Å². The Morgan fingerprint density at radius 3 is 2.48 bits per heavy atom. The molecule has 2 aromatic rings. The second-order valence-corrected chi connectivity index (χ2v) is 14.6. The van der Waals surface area contributed by atoms with Crippen molar-refractivity contribution in [2.24, 2.45) is 11.3 Å². The second-order valence-electron chi connectivity index (χ2n) is 13.8. The molecule has 1 aromatic heterocycles. The zero-order valence-corrected chi connectivity index (χ0v) is 26.4. The largest absolute Gasteiger partial charge is 0.352 e. The van der Waals surface area contributed by atoms with Crippen LogP contribution in [0.4, 0.5) is 10.1 Å². The number of halogens is 3. The third-order valence-corrected chi connectivity index (χ3v) is 11.8. The minimum atomic E-state index is -1.24. The van der Waals surface area contributed by atoms with E-state index in [0.29, 0.717) is 29.5 Å². The Balaban J connectivity index is 1.55. The standard InChI is InChI=1S/C33H41Cl2FN4O2/c1-5-19-6-9-21(10-7-19)38-29(41)27-25(22-12-17-37-28(35)26(22)36)33(23-11-8-20(34)18-24(23)39-30(33)42)32(40(27)4)15-13-31(2,3)14-16-32/h8,11-12,17-19,21,25,27H,5-7,9-10,13-16H2,1-4H3,(H,38,41)(H,39,42)/t19?,21?,25-,27+,33+/m0/s1. The summed E-state index contributed by atoms with van der Waals surface area (Å²) in [5, 5.41) is 6.72. The van der Waals surface area contributed by atoms with Crippen molar-refractivity contribution in [3.05, 3.63) is 57.6 Å². The van der Waals surface area contributed by atoms with Crippen LogP contribution >= 0.6 is 23.2 Å². The number of benzene rings is 1. The van der Waals surface area contributed by atoms with Crippen LogP contribution < -0.4 is 10.6 Å². The maximum atomic E-state index is 16.1. The zero-order valence-electron chi connectivity index (χ0n) is 24.9. The number of nitrogens with one attached hydrogen (secondary N) is 2. The molecule has 9 heteroatoms. The van der Waals surface area contributed by atoms with Gasteiger partial charge in [-0.1, -0.05) is 56.5 Å². The molecule has 0 bridgehead atoms. The van der Waals surface area contributed by atoms with E-state index in [1.54, 1.807) is 18.2 Å². The summed E-state index contributed by atoms with van der Waals surface area (Å²) >= 11 is 12.7.